The molecule has 2 bridgehead atoms. The molecule has 0 saturated carbocycles. The van der Waals surface area contributed by atoms with Crippen molar-refractivity contribution in [2.75, 3.05) is 31.6 Å². The first-order valence-corrected chi connectivity index (χ1v) is 8.20. The van der Waals surface area contributed by atoms with Gasteiger partial charge < -0.3 is 9.80 Å². The highest BCUT2D eigenvalue weighted by atomic mass is 16.1. The van der Waals surface area contributed by atoms with E-state index in [2.05, 4.69) is 21.8 Å². The van der Waals surface area contributed by atoms with Gasteiger partial charge in [-0.05, 0) is 25.5 Å². The van der Waals surface area contributed by atoms with Crippen molar-refractivity contribution in [1.82, 2.24) is 9.88 Å². The third-order valence-corrected chi connectivity index (χ3v) is 4.95. The van der Waals surface area contributed by atoms with Gasteiger partial charge in [-0.2, -0.15) is 0 Å². The molecule has 0 amide bonds. The van der Waals surface area contributed by atoms with Crippen LogP contribution in [0.2, 0.25) is 0 Å². The number of carbonyl (C=O) groups excluding carboxylic acids is 1. The molecule has 2 aliphatic heterocycles. The van der Waals surface area contributed by atoms with E-state index in [9.17, 15) is 4.79 Å². The molecule has 0 N–H and O–H groups in total. The molecular formula is C19H21N3O. The number of nitrogens with zero attached hydrogens (tertiary/aromatic N) is 3. The van der Waals surface area contributed by atoms with E-state index in [0.717, 1.165) is 24.7 Å². The Hall–Kier alpha value is -2.20. The van der Waals surface area contributed by atoms with Crippen LogP contribution in [-0.4, -0.2) is 48.4 Å². The second-order valence-corrected chi connectivity index (χ2v) is 6.76. The molecule has 3 heterocycles. The summed E-state index contributed by atoms with van der Waals surface area (Å²) in [5.41, 5.74) is 2.46. The fraction of sp³-hybridized carbons (Fsp3) is 0.368. The van der Waals surface area contributed by atoms with Crippen LogP contribution in [0, 0.1) is 5.92 Å². The van der Waals surface area contributed by atoms with Crippen molar-refractivity contribution in [2.45, 2.75) is 12.5 Å². The summed E-state index contributed by atoms with van der Waals surface area (Å²) in [6.45, 7) is 3.33. The summed E-state index contributed by atoms with van der Waals surface area (Å²) in [7, 11) is 2.19. The predicted molar refractivity (Wildman–Crippen MR) is 90.8 cm³/mol. The number of piperidine rings is 1. The molecule has 1 aromatic heterocycles. The molecule has 4 rings (SSSR count). The fourth-order valence-corrected chi connectivity index (χ4v) is 3.98. The van der Waals surface area contributed by atoms with Crippen LogP contribution in [0.15, 0.2) is 48.8 Å². The Morgan fingerprint density at radius 1 is 1.09 bits per heavy atom. The van der Waals surface area contributed by atoms with Crippen molar-refractivity contribution in [3.63, 3.8) is 0 Å². The maximum Gasteiger partial charge on any atom is 0.194 e. The number of likely N-dealkylation sites (N-methyl/N-ethyl adjacent to an activating group) is 1. The third kappa shape index (κ3) is 2.75. The number of aromatic nitrogens is 1. The molecule has 0 radical (unpaired) electrons. The molecule has 2 aliphatic rings. The van der Waals surface area contributed by atoms with Gasteiger partial charge in [0.05, 0.1) is 11.9 Å². The topological polar surface area (TPSA) is 36.4 Å². The van der Waals surface area contributed by atoms with E-state index in [-0.39, 0.29) is 5.78 Å². The zero-order valence-electron chi connectivity index (χ0n) is 13.4. The van der Waals surface area contributed by atoms with Crippen molar-refractivity contribution in [2.24, 2.45) is 5.92 Å². The second-order valence-electron chi connectivity index (χ2n) is 6.76. The van der Waals surface area contributed by atoms with E-state index in [0.29, 0.717) is 17.2 Å². The van der Waals surface area contributed by atoms with Crippen LogP contribution in [0.1, 0.15) is 22.3 Å². The van der Waals surface area contributed by atoms with E-state index in [1.165, 1.54) is 13.0 Å². The van der Waals surface area contributed by atoms with E-state index < -0.39 is 0 Å². The number of fused-ring (bicyclic) bond motifs is 2. The normalized spacial score (nSPS) is 24.0. The van der Waals surface area contributed by atoms with Crippen LogP contribution in [0.3, 0.4) is 0 Å². The maximum atomic E-state index is 12.6. The zero-order valence-corrected chi connectivity index (χ0v) is 13.4. The Morgan fingerprint density at radius 2 is 1.91 bits per heavy atom. The van der Waals surface area contributed by atoms with Gasteiger partial charge in [0.25, 0.3) is 0 Å². The van der Waals surface area contributed by atoms with Crippen molar-refractivity contribution >= 4 is 11.5 Å². The molecule has 118 valence electrons. The zero-order chi connectivity index (χ0) is 15.8. The lowest BCUT2D eigenvalue weighted by atomic mass is 10.0. The average molecular weight is 307 g/mol. The van der Waals surface area contributed by atoms with Gasteiger partial charge in [0, 0.05) is 43.0 Å². The van der Waals surface area contributed by atoms with Crippen LogP contribution in [0.5, 0.6) is 0 Å². The van der Waals surface area contributed by atoms with Gasteiger partial charge >= 0.3 is 0 Å². The Balaban J connectivity index is 1.61. The van der Waals surface area contributed by atoms with Gasteiger partial charge in [0.2, 0.25) is 0 Å². The largest absolute Gasteiger partial charge is 0.366 e. The maximum absolute atomic E-state index is 12.6. The first kappa shape index (κ1) is 14.4. The van der Waals surface area contributed by atoms with Crippen molar-refractivity contribution in [3.8, 4) is 0 Å². The molecule has 2 fully saturated rings. The molecule has 4 heteroatoms. The summed E-state index contributed by atoms with van der Waals surface area (Å²) in [5, 5.41) is 0. The number of hydrogen-bond acceptors (Lipinski definition) is 4. The summed E-state index contributed by atoms with van der Waals surface area (Å²) in [5.74, 6) is 0.770. The standard InChI is InChI=1S/C19H21N3O/c1-21-11-14-7-18(13-21)22(12-14)17-8-16(9-20-10-17)19(23)15-5-3-2-4-6-15/h2-6,8-10,14,18H,7,11-13H2,1H3. The number of pyridine rings is 1. The number of ketones is 1. The minimum atomic E-state index is 0.0410. The van der Waals surface area contributed by atoms with Gasteiger partial charge in [-0.1, -0.05) is 30.3 Å². The number of benzene rings is 1. The monoisotopic (exact) mass is 307 g/mol. The third-order valence-electron chi connectivity index (χ3n) is 4.95. The minimum absolute atomic E-state index is 0.0410. The van der Waals surface area contributed by atoms with Crippen LogP contribution in [-0.2, 0) is 0 Å². The SMILES string of the molecule is CN1CC2CC(C1)N(c1cncc(C(=O)c3ccccc3)c1)C2. The molecule has 2 saturated heterocycles. The number of anilines is 1. The van der Waals surface area contributed by atoms with Gasteiger partial charge in [0.15, 0.2) is 5.78 Å². The molecule has 0 spiro atoms. The summed E-state index contributed by atoms with van der Waals surface area (Å²) in [6.07, 6.45) is 4.82. The lowest BCUT2D eigenvalue weighted by molar-refractivity contribution is 0.103. The number of carbonyl (C=O) groups is 1. The molecule has 2 atom stereocenters. The second kappa shape index (κ2) is 5.78. The van der Waals surface area contributed by atoms with Crippen molar-refractivity contribution in [1.29, 1.82) is 0 Å². The van der Waals surface area contributed by atoms with E-state index in [4.69, 9.17) is 0 Å². The van der Waals surface area contributed by atoms with Gasteiger partial charge in [0.1, 0.15) is 0 Å². The van der Waals surface area contributed by atoms with Crippen LogP contribution < -0.4 is 4.90 Å². The first-order valence-electron chi connectivity index (χ1n) is 8.20. The predicted octanol–water partition coefficient (Wildman–Crippen LogP) is 2.45. The number of rotatable bonds is 3. The molecule has 1 aromatic carbocycles. The van der Waals surface area contributed by atoms with Gasteiger partial charge in [-0.25, -0.2) is 0 Å². The quantitative estimate of drug-likeness (QED) is 0.816. The molecule has 2 unspecified atom stereocenters. The molecule has 23 heavy (non-hydrogen) atoms. The summed E-state index contributed by atoms with van der Waals surface area (Å²) < 4.78 is 0. The Bertz CT molecular complexity index is 716. The summed E-state index contributed by atoms with van der Waals surface area (Å²) in [4.78, 5) is 21.8. The van der Waals surface area contributed by atoms with Crippen LogP contribution in [0.25, 0.3) is 0 Å². The Kier molecular flexibility index (Phi) is 3.62. The van der Waals surface area contributed by atoms with Gasteiger partial charge in [-0.15, -0.1) is 0 Å². The summed E-state index contributed by atoms with van der Waals surface area (Å²) >= 11 is 0. The highest BCUT2D eigenvalue weighted by molar-refractivity contribution is 6.09. The lowest BCUT2D eigenvalue weighted by Crippen LogP contribution is -2.40. The highest BCUT2D eigenvalue weighted by Crippen LogP contribution is 2.33. The van der Waals surface area contributed by atoms with Crippen molar-refractivity contribution in [3.05, 3.63) is 59.9 Å². The minimum Gasteiger partial charge on any atom is -0.366 e. The van der Waals surface area contributed by atoms with E-state index in [1.54, 1.807) is 6.20 Å². The molecule has 0 aliphatic carbocycles. The molecule has 4 nitrogen and oxygen atoms in total. The first-order chi connectivity index (χ1) is 11.2. The van der Waals surface area contributed by atoms with E-state index in [1.807, 2.05) is 42.6 Å². The van der Waals surface area contributed by atoms with Crippen molar-refractivity contribution < 1.29 is 4.79 Å². The highest BCUT2D eigenvalue weighted by Gasteiger charge is 2.37. The average Bonchev–Trinajstić information content (AvgIpc) is 2.89. The fourth-order valence-electron chi connectivity index (χ4n) is 3.98. The number of hydrogen-bond donors (Lipinski definition) is 0. The lowest BCUT2D eigenvalue weighted by Gasteiger charge is -2.30. The Labute approximate surface area is 136 Å². The number of likely N-dealkylation sites (tertiary alicyclic amines) is 1. The Morgan fingerprint density at radius 3 is 2.74 bits per heavy atom. The van der Waals surface area contributed by atoms with Crippen LogP contribution in [0.4, 0.5) is 5.69 Å². The smallest absolute Gasteiger partial charge is 0.194 e. The van der Waals surface area contributed by atoms with E-state index >= 15 is 0 Å². The molecular weight excluding hydrogens is 286 g/mol. The van der Waals surface area contributed by atoms with Crippen LogP contribution >= 0.6 is 0 Å². The van der Waals surface area contributed by atoms with Gasteiger partial charge in [-0.3, -0.25) is 9.78 Å². The summed E-state index contributed by atoms with van der Waals surface area (Å²) in [6, 6.07) is 12.0. The molecule has 2 aromatic rings.